The van der Waals surface area contributed by atoms with E-state index in [0.29, 0.717) is 30.9 Å². The molecule has 1 N–H and O–H groups in total. The van der Waals surface area contributed by atoms with Gasteiger partial charge in [-0.1, -0.05) is 67.6 Å². The van der Waals surface area contributed by atoms with Crippen molar-refractivity contribution in [3.8, 4) is 0 Å². The number of carbonyl (C=O) groups is 2. The molecule has 36 heavy (non-hydrogen) atoms. The number of benzene rings is 3. The highest BCUT2D eigenvalue weighted by Gasteiger charge is 2.50. The van der Waals surface area contributed by atoms with Crippen LogP contribution in [0.25, 0.3) is 0 Å². The maximum absolute atomic E-state index is 13.1. The summed E-state index contributed by atoms with van der Waals surface area (Å²) in [5.74, 6) is -0.732. The highest BCUT2D eigenvalue weighted by molar-refractivity contribution is 6.22. The van der Waals surface area contributed by atoms with Crippen molar-refractivity contribution < 1.29 is 14.5 Å². The lowest BCUT2D eigenvalue weighted by molar-refractivity contribution is -0.383. The molecule has 184 valence electrons. The SMILES string of the molecule is CC1CCC2C(=O)N(c3ccc(NC(Cc4ccccc4)c4ccccc4)c([N+](=O)[O-])c3)C(=O)C2C1. The molecule has 2 aliphatic rings. The van der Waals surface area contributed by atoms with Gasteiger partial charge in [-0.05, 0) is 54.9 Å². The van der Waals surface area contributed by atoms with Gasteiger partial charge in [-0.25, -0.2) is 4.90 Å². The summed E-state index contributed by atoms with van der Waals surface area (Å²) in [6.45, 7) is 2.10. The smallest absolute Gasteiger partial charge is 0.294 e. The van der Waals surface area contributed by atoms with Crippen molar-refractivity contribution in [2.75, 3.05) is 10.2 Å². The second kappa shape index (κ2) is 9.93. The van der Waals surface area contributed by atoms with E-state index in [0.717, 1.165) is 17.5 Å². The molecular weight excluding hydrogens is 454 g/mol. The molecule has 1 heterocycles. The number of fused-ring (bicyclic) bond motifs is 1. The molecule has 0 bridgehead atoms. The average molecular weight is 484 g/mol. The lowest BCUT2D eigenvalue weighted by atomic mass is 9.76. The molecule has 0 radical (unpaired) electrons. The van der Waals surface area contributed by atoms with Gasteiger partial charge < -0.3 is 5.32 Å². The van der Waals surface area contributed by atoms with Crippen molar-refractivity contribution in [2.45, 2.75) is 38.6 Å². The predicted molar refractivity (Wildman–Crippen MR) is 139 cm³/mol. The first kappa shape index (κ1) is 23.7. The van der Waals surface area contributed by atoms with Crippen molar-refractivity contribution in [2.24, 2.45) is 17.8 Å². The highest BCUT2D eigenvalue weighted by Crippen LogP contribution is 2.43. The molecular formula is C29H29N3O4. The summed E-state index contributed by atoms with van der Waals surface area (Å²) in [6.07, 6.45) is 2.92. The molecule has 4 atom stereocenters. The first-order valence-corrected chi connectivity index (χ1v) is 12.4. The zero-order chi connectivity index (χ0) is 25.2. The van der Waals surface area contributed by atoms with Crippen molar-refractivity contribution in [1.82, 2.24) is 0 Å². The van der Waals surface area contributed by atoms with Crippen molar-refractivity contribution in [3.05, 3.63) is 100 Å². The fourth-order valence-electron chi connectivity index (χ4n) is 5.55. The molecule has 7 nitrogen and oxygen atoms in total. The van der Waals surface area contributed by atoms with Crippen LogP contribution in [0.2, 0.25) is 0 Å². The largest absolute Gasteiger partial charge is 0.372 e. The molecule has 1 saturated carbocycles. The molecule has 5 rings (SSSR count). The minimum Gasteiger partial charge on any atom is -0.372 e. The second-order valence-corrected chi connectivity index (χ2v) is 9.90. The number of nitro benzene ring substituents is 1. The summed E-state index contributed by atoms with van der Waals surface area (Å²) >= 11 is 0. The number of hydrogen-bond donors (Lipinski definition) is 1. The van der Waals surface area contributed by atoms with E-state index in [-0.39, 0.29) is 41.1 Å². The Morgan fingerprint density at radius 3 is 2.31 bits per heavy atom. The maximum Gasteiger partial charge on any atom is 0.294 e. The number of carbonyl (C=O) groups excluding carboxylic acids is 2. The van der Waals surface area contributed by atoms with E-state index < -0.39 is 4.92 Å². The number of amides is 2. The predicted octanol–water partition coefficient (Wildman–Crippen LogP) is 5.92. The molecule has 1 aliphatic heterocycles. The van der Waals surface area contributed by atoms with Gasteiger partial charge in [-0.3, -0.25) is 19.7 Å². The zero-order valence-electron chi connectivity index (χ0n) is 20.2. The highest BCUT2D eigenvalue weighted by atomic mass is 16.6. The lowest BCUT2D eigenvalue weighted by Crippen LogP contribution is -2.31. The molecule has 3 aromatic carbocycles. The van der Waals surface area contributed by atoms with Crippen LogP contribution in [0.3, 0.4) is 0 Å². The van der Waals surface area contributed by atoms with Crippen LogP contribution in [0.5, 0.6) is 0 Å². The standard InChI is InChI=1S/C29H29N3O4/c1-19-12-14-23-24(16-19)29(34)31(28(23)33)22-13-15-25(27(18-22)32(35)36)30-26(21-10-6-3-7-11-21)17-20-8-4-2-5-9-20/h2-11,13,15,18-19,23-24,26,30H,12,14,16-17H2,1H3. The normalized spacial score (nSPS) is 22.2. The average Bonchev–Trinajstić information content (AvgIpc) is 3.13. The van der Waals surface area contributed by atoms with Crippen molar-refractivity contribution in [3.63, 3.8) is 0 Å². The molecule has 0 aromatic heterocycles. The van der Waals surface area contributed by atoms with Crippen molar-refractivity contribution in [1.29, 1.82) is 0 Å². The topological polar surface area (TPSA) is 92.6 Å². The van der Waals surface area contributed by atoms with Crippen LogP contribution in [0.1, 0.15) is 43.4 Å². The number of anilines is 2. The maximum atomic E-state index is 13.1. The summed E-state index contributed by atoms with van der Waals surface area (Å²) in [6, 6.07) is 24.1. The van der Waals surface area contributed by atoms with Crippen LogP contribution in [-0.2, 0) is 16.0 Å². The molecule has 7 heteroatoms. The van der Waals surface area contributed by atoms with Gasteiger partial charge in [-0.2, -0.15) is 0 Å². The van der Waals surface area contributed by atoms with E-state index in [1.54, 1.807) is 12.1 Å². The molecule has 4 unspecified atom stereocenters. The minimum atomic E-state index is -0.462. The molecule has 1 aliphatic carbocycles. The Kier molecular flexibility index (Phi) is 6.55. The third-order valence-electron chi connectivity index (χ3n) is 7.44. The van der Waals surface area contributed by atoms with E-state index in [4.69, 9.17) is 0 Å². The van der Waals surface area contributed by atoms with Gasteiger partial charge in [0, 0.05) is 6.07 Å². The molecule has 2 amide bonds. The molecule has 2 fully saturated rings. The fourth-order valence-corrected chi connectivity index (χ4v) is 5.55. The minimum absolute atomic E-state index is 0.162. The van der Waals surface area contributed by atoms with E-state index in [1.807, 2.05) is 60.7 Å². The summed E-state index contributed by atoms with van der Waals surface area (Å²) in [5.41, 5.74) is 2.55. The van der Waals surface area contributed by atoms with Gasteiger partial charge in [0.15, 0.2) is 0 Å². The van der Waals surface area contributed by atoms with E-state index in [9.17, 15) is 19.7 Å². The summed E-state index contributed by atoms with van der Waals surface area (Å²) in [7, 11) is 0. The number of nitro groups is 1. The van der Waals surface area contributed by atoms with E-state index in [1.165, 1.54) is 11.0 Å². The third-order valence-corrected chi connectivity index (χ3v) is 7.44. The van der Waals surface area contributed by atoms with Crippen LogP contribution in [-0.4, -0.2) is 16.7 Å². The van der Waals surface area contributed by atoms with Crippen LogP contribution >= 0.6 is 0 Å². The van der Waals surface area contributed by atoms with Crippen LogP contribution in [0.15, 0.2) is 78.9 Å². The first-order chi connectivity index (χ1) is 17.4. The van der Waals surface area contributed by atoms with Crippen LogP contribution in [0.4, 0.5) is 17.1 Å². The van der Waals surface area contributed by atoms with E-state index in [2.05, 4.69) is 12.2 Å². The van der Waals surface area contributed by atoms with Crippen LogP contribution < -0.4 is 10.2 Å². The lowest BCUT2D eigenvalue weighted by Gasteiger charge is -2.25. The molecule has 1 saturated heterocycles. The Morgan fingerprint density at radius 2 is 1.61 bits per heavy atom. The number of imide groups is 1. The monoisotopic (exact) mass is 483 g/mol. The van der Waals surface area contributed by atoms with Gasteiger partial charge >= 0.3 is 0 Å². The summed E-state index contributed by atoms with van der Waals surface area (Å²) in [5, 5.41) is 15.5. The van der Waals surface area contributed by atoms with Gasteiger partial charge in [0.05, 0.1) is 28.5 Å². The Bertz CT molecular complexity index is 1280. The van der Waals surface area contributed by atoms with E-state index >= 15 is 0 Å². The van der Waals surface area contributed by atoms with Gasteiger partial charge in [0.25, 0.3) is 5.69 Å². The molecule has 3 aromatic rings. The number of hydrogen-bond acceptors (Lipinski definition) is 5. The quantitative estimate of drug-likeness (QED) is 0.256. The zero-order valence-corrected chi connectivity index (χ0v) is 20.2. The Morgan fingerprint density at radius 1 is 0.944 bits per heavy atom. The van der Waals surface area contributed by atoms with Gasteiger partial charge in [0.1, 0.15) is 5.69 Å². The Hall–Kier alpha value is -4.00. The number of nitrogens with one attached hydrogen (secondary N) is 1. The Balaban J connectivity index is 1.46. The third kappa shape index (κ3) is 4.61. The first-order valence-electron chi connectivity index (χ1n) is 12.4. The summed E-state index contributed by atoms with van der Waals surface area (Å²) in [4.78, 5) is 39.1. The number of rotatable bonds is 7. The Labute approximate surface area is 210 Å². The van der Waals surface area contributed by atoms with Gasteiger partial charge in [0.2, 0.25) is 11.8 Å². The molecule has 0 spiro atoms. The van der Waals surface area contributed by atoms with Crippen molar-refractivity contribution >= 4 is 28.9 Å². The van der Waals surface area contributed by atoms with Gasteiger partial charge in [-0.15, -0.1) is 0 Å². The second-order valence-electron chi connectivity index (χ2n) is 9.90. The fraction of sp³-hybridized carbons (Fsp3) is 0.310. The van der Waals surface area contributed by atoms with Crippen LogP contribution in [0, 0.1) is 27.9 Å². The summed E-state index contributed by atoms with van der Waals surface area (Å²) < 4.78 is 0. The number of nitrogens with zero attached hydrogens (tertiary/aromatic N) is 2.